The lowest BCUT2D eigenvalue weighted by atomic mass is 10.4. The topological polar surface area (TPSA) is 41.6 Å². The minimum absolute atomic E-state index is 0.432. The lowest BCUT2D eigenvalue weighted by molar-refractivity contribution is -0.238. The SMILES string of the molecule is O=C(ON1C=CCCN1)C(F)(F)F. The number of carbonyl (C=O) groups is 1. The summed E-state index contributed by atoms with van der Waals surface area (Å²) in [4.78, 5) is 14.2. The van der Waals surface area contributed by atoms with Gasteiger partial charge in [-0.1, -0.05) is 6.08 Å². The van der Waals surface area contributed by atoms with E-state index in [1.807, 2.05) is 0 Å². The normalized spacial score (nSPS) is 17.3. The highest BCUT2D eigenvalue weighted by Gasteiger charge is 2.42. The van der Waals surface area contributed by atoms with E-state index in [2.05, 4.69) is 10.3 Å². The Hall–Kier alpha value is -1.24. The van der Waals surface area contributed by atoms with Crippen molar-refractivity contribution in [3.05, 3.63) is 12.3 Å². The highest BCUT2D eigenvalue weighted by atomic mass is 19.4. The van der Waals surface area contributed by atoms with Crippen LogP contribution in [-0.4, -0.2) is 23.9 Å². The fraction of sp³-hybridized carbons (Fsp3) is 0.500. The molecule has 13 heavy (non-hydrogen) atoms. The molecular formula is C6H7F3N2O2. The molecule has 0 saturated heterocycles. The van der Waals surface area contributed by atoms with Gasteiger partial charge >= 0.3 is 12.1 Å². The summed E-state index contributed by atoms with van der Waals surface area (Å²) >= 11 is 0. The van der Waals surface area contributed by atoms with Crippen LogP contribution in [0.4, 0.5) is 13.2 Å². The number of nitrogens with one attached hydrogen (secondary N) is 1. The number of rotatable bonds is 1. The lowest BCUT2D eigenvalue weighted by Crippen LogP contribution is -2.41. The van der Waals surface area contributed by atoms with Gasteiger partial charge in [0.25, 0.3) is 0 Å². The van der Waals surface area contributed by atoms with Crippen LogP contribution in [0.2, 0.25) is 0 Å². The Morgan fingerprint density at radius 1 is 1.54 bits per heavy atom. The zero-order valence-electron chi connectivity index (χ0n) is 6.47. The average Bonchev–Trinajstić information content (AvgIpc) is 2.04. The van der Waals surface area contributed by atoms with Gasteiger partial charge in [0, 0.05) is 6.54 Å². The predicted molar refractivity (Wildman–Crippen MR) is 35.7 cm³/mol. The highest BCUT2D eigenvalue weighted by Crippen LogP contribution is 2.17. The van der Waals surface area contributed by atoms with Crippen molar-refractivity contribution in [3.63, 3.8) is 0 Å². The molecule has 1 aliphatic heterocycles. The first-order chi connectivity index (χ1) is 6.00. The molecule has 0 fully saturated rings. The van der Waals surface area contributed by atoms with Gasteiger partial charge in [-0.3, -0.25) is 0 Å². The molecule has 0 saturated carbocycles. The van der Waals surface area contributed by atoms with E-state index in [4.69, 9.17) is 0 Å². The molecular weight excluding hydrogens is 189 g/mol. The van der Waals surface area contributed by atoms with E-state index >= 15 is 0 Å². The Kier molecular flexibility index (Phi) is 2.76. The molecule has 0 aromatic heterocycles. The first-order valence-electron chi connectivity index (χ1n) is 3.48. The minimum atomic E-state index is -4.97. The first kappa shape index (κ1) is 9.85. The van der Waals surface area contributed by atoms with Gasteiger partial charge in [0.05, 0.1) is 6.20 Å². The molecule has 74 valence electrons. The van der Waals surface area contributed by atoms with E-state index in [-0.39, 0.29) is 0 Å². The highest BCUT2D eigenvalue weighted by molar-refractivity contribution is 5.75. The molecule has 7 heteroatoms. The largest absolute Gasteiger partial charge is 0.493 e. The number of halogens is 3. The van der Waals surface area contributed by atoms with Crippen molar-refractivity contribution >= 4 is 5.97 Å². The molecule has 0 aromatic carbocycles. The summed E-state index contributed by atoms with van der Waals surface area (Å²) in [6, 6.07) is 0. The molecule has 4 nitrogen and oxygen atoms in total. The van der Waals surface area contributed by atoms with Crippen LogP contribution in [0.5, 0.6) is 0 Å². The molecule has 0 bridgehead atoms. The number of nitrogens with zero attached hydrogens (tertiary/aromatic N) is 1. The molecule has 0 aromatic rings. The van der Waals surface area contributed by atoms with Gasteiger partial charge < -0.3 is 4.84 Å². The summed E-state index contributed by atoms with van der Waals surface area (Å²) in [5, 5.41) is 0.638. The van der Waals surface area contributed by atoms with E-state index < -0.39 is 12.1 Å². The van der Waals surface area contributed by atoms with Crippen molar-refractivity contribution in [1.82, 2.24) is 10.6 Å². The fourth-order valence-corrected chi connectivity index (χ4v) is 0.685. The number of alkyl halides is 3. The Bertz CT molecular complexity index is 226. The molecule has 0 amide bonds. The number of hydrogen-bond donors (Lipinski definition) is 1. The third-order valence-corrected chi connectivity index (χ3v) is 1.23. The molecule has 0 unspecified atom stereocenters. The van der Waals surface area contributed by atoms with E-state index in [1.54, 1.807) is 6.08 Å². The minimum Gasteiger partial charge on any atom is -0.317 e. The Morgan fingerprint density at radius 3 is 2.69 bits per heavy atom. The van der Waals surface area contributed by atoms with Gasteiger partial charge in [-0.15, -0.1) is 5.17 Å². The van der Waals surface area contributed by atoms with Crippen LogP contribution >= 0.6 is 0 Å². The second kappa shape index (κ2) is 3.65. The molecule has 1 heterocycles. The third-order valence-electron chi connectivity index (χ3n) is 1.23. The predicted octanol–water partition coefficient (Wildman–Crippen LogP) is 0.731. The van der Waals surface area contributed by atoms with Crippen molar-refractivity contribution in [1.29, 1.82) is 0 Å². The quantitative estimate of drug-likeness (QED) is 0.671. The Morgan fingerprint density at radius 2 is 2.23 bits per heavy atom. The molecule has 0 radical (unpaired) electrons. The van der Waals surface area contributed by atoms with Gasteiger partial charge in [0.2, 0.25) is 0 Å². The number of hydrazine groups is 1. The van der Waals surface area contributed by atoms with Gasteiger partial charge in [0.1, 0.15) is 0 Å². The first-order valence-corrected chi connectivity index (χ1v) is 3.48. The number of hydrogen-bond acceptors (Lipinski definition) is 4. The van der Waals surface area contributed by atoms with E-state index in [0.717, 1.165) is 0 Å². The third kappa shape index (κ3) is 2.94. The summed E-state index contributed by atoms with van der Waals surface area (Å²) in [5.41, 5.74) is 2.43. The summed E-state index contributed by atoms with van der Waals surface area (Å²) < 4.78 is 35.0. The number of carbonyl (C=O) groups excluding carboxylic acids is 1. The van der Waals surface area contributed by atoms with E-state index in [1.165, 1.54) is 6.20 Å². The van der Waals surface area contributed by atoms with Crippen LogP contribution in [0.25, 0.3) is 0 Å². The van der Waals surface area contributed by atoms with E-state index in [0.29, 0.717) is 18.1 Å². The monoisotopic (exact) mass is 196 g/mol. The van der Waals surface area contributed by atoms with Crippen molar-refractivity contribution in [3.8, 4) is 0 Å². The molecule has 1 N–H and O–H groups in total. The summed E-state index contributed by atoms with van der Waals surface area (Å²) in [7, 11) is 0. The molecule has 1 rings (SSSR count). The zero-order valence-corrected chi connectivity index (χ0v) is 6.47. The van der Waals surface area contributed by atoms with Crippen LogP contribution in [-0.2, 0) is 9.63 Å². The molecule has 1 aliphatic rings. The Labute approximate surface area is 71.9 Å². The van der Waals surface area contributed by atoms with Gasteiger partial charge in [-0.25, -0.2) is 10.2 Å². The maximum absolute atomic E-state index is 11.7. The van der Waals surface area contributed by atoms with Crippen LogP contribution in [0.1, 0.15) is 6.42 Å². The second-order valence-corrected chi connectivity index (χ2v) is 2.28. The molecule has 0 atom stereocenters. The second-order valence-electron chi connectivity index (χ2n) is 2.28. The van der Waals surface area contributed by atoms with Crippen molar-refractivity contribution in [2.24, 2.45) is 0 Å². The molecule has 0 aliphatic carbocycles. The number of hydroxylamine groups is 1. The summed E-state index contributed by atoms with van der Waals surface area (Å²) in [5.74, 6) is -2.24. The smallest absolute Gasteiger partial charge is 0.317 e. The molecule has 0 spiro atoms. The maximum Gasteiger partial charge on any atom is 0.493 e. The van der Waals surface area contributed by atoms with Crippen LogP contribution < -0.4 is 5.43 Å². The van der Waals surface area contributed by atoms with Crippen molar-refractivity contribution < 1.29 is 22.8 Å². The van der Waals surface area contributed by atoms with Crippen LogP contribution in [0.15, 0.2) is 12.3 Å². The van der Waals surface area contributed by atoms with Gasteiger partial charge in [-0.2, -0.15) is 13.2 Å². The average molecular weight is 196 g/mol. The maximum atomic E-state index is 11.7. The van der Waals surface area contributed by atoms with Crippen LogP contribution in [0, 0.1) is 0 Å². The standard InChI is InChI=1S/C6H7F3N2O2/c7-6(8,9)5(12)13-11-4-2-1-3-10-11/h2,4,10H,1,3H2. The van der Waals surface area contributed by atoms with Crippen LogP contribution in [0.3, 0.4) is 0 Å². The lowest BCUT2D eigenvalue weighted by Gasteiger charge is -2.22. The van der Waals surface area contributed by atoms with Crippen molar-refractivity contribution in [2.75, 3.05) is 6.54 Å². The summed E-state index contributed by atoms with van der Waals surface area (Å²) in [6.07, 6.45) is -1.49. The van der Waals surface area contributed by atoms with E-state index in [9.17, 15) is 18.0 Å². The zero-order chi connectivity index (χ0) is 9.90. The Balaban J connectivity index is 2.44. The summed E-state index contributed by atoms with van der Waals surface area (Å²) in [6.45, 7) is 0.432. The van der Waals surface area contributed by atoms with Gasteiger partial charge in [0.15, 0.2) is 0 Å². The van der Waals surface area contributed by atoms with Gasteiger partial charge in [-0.05, 0) is 6.42 Å². The van der Waals surface area contributed by atoms with Crippen molar-refractivity contribution in [2.45, 2.75) is 12.6 Å². The fourth-order valence-electron chi connectivity index (χ4n) is 0.685.